The van der Waals surface area contributed by atoms with Gasteiger partial charge in [-0.1, -0.05) is 0 Å². The number of nitrogens with two attached hydrogens (primary N) is 1. The maximum absolute atomic E-state index is 10.8. The van der Waals surface area contributed by atoms with Crippen molar-refractivity contribution in [2.75, 3.05) is 30.3 Å². The minimum absolute atomic E-state index is 0. The summed E-state index contributed by atoms with van der Waals surface area (Å²) in [5, 5.41) is 3.39. The molecular weight excluding hydrogens is 228 g/mol. The lowest BCUT2D eigenvalue weighted by atomic mass is 10.4. The van der Waals surface area contributed by atoms with Gasteiger partial charge >= 0.3 is 0 Å². The van der Waals surface area contributed by atoms with E-state index in [1.807, 2.05) is 23.5 Å². The van der Waals surface area contributed by atoms with Crippen molar-refractivity contribution in [3.05, 3.63) is 0 Å². The number of halogens is 1. The molecule has 0 saturated carbocycles. The van der Waals surface area contributed by atoms with Gasteiger partial charge in [-0.05, 0) is 0 Å². The SMILES string of the molecule is Cl.NCC(=O)NCC1CSCCS1. The van der Waals surface area contributed by atoms with Crippen LogP contribution in [-0.4, -0.2) is 41.5 Å². The van der Waals surface area contributed by atoms with Gasteiger partial charge in [-0.15, -0.1) is 12.4 Å². The molecule has 3 nitrogen and oxygen atoms in total. The third kappa shape index (κ3) is 5.67. The third-order valence-corrected chi connectivity index (χ3v) is 4.44. The molecule has 0 bridgehead atoms. The summed E-state index contributed by atoms with van der Waals surface area (Å²) in [6.45, 7) is 0.873. The monoisotopic (exact) mass is 242 g/mol. The van der Waals surface area contributed by atoms with E-state index in [9.17, 15) is 4.79 Å². The lowest BCUT2D eigenvalue weighted by Gasteiger charge is -2.20. The Morgan fingerprint density at radius 2 is 2.31 bits per heavy atom. The Kier molecular flexibility index (Phi) is 8.04. The molecule has 0 radical (unpaired) electrons. The van der Waals surface area contributed by atoms with Crippen LogP contribution >= 0.6 is 35.9 Å². The Balaban J connectivity index is 0.00000144. The molecule has 13 heavy (non-hydrogen) atoms. The molecule has 0 aromatic heterocycles. The second-order valence-corrected chi connectivity index (χ2v) is 5.13. The fraction of sp³-hybridized carbons (Fsp3) is 0.857. The van der Waals surface area contributed by atoms with Crippen molar-refractivity contribution in [1.29, 1.82) is 0 Å². The average Bonchev–Trinajstić information content (AvgIpc) is 2.16. The third-order valence-electron chi connectivity index (χ3n) is 1.60. The standard InChI is InChI=1S/C7H14N2OS2.ClH/c8-3-7(10)9-4-6-5-11-1-2-12-6;/h6H,1-5,8H2,(H,9,10);1H. The number of hydrogen-bond donors (Lipinski definition) is 2. The number of nitrogens with one attached hydrogen (secondary N) is 1. The van der Waals surface area contributed by atoms with Gasteiger partial charge in [0.15, 0.2) is 0 Å². The summed E-state index contributed by atoms with van der Waals surface area (Å²) in [7, 11) is 0. The quantitative estimate of drug-likeness (QED) is 0.749. The van der Waals surface area contributed by atoms with Gasteiger partial charge in [0, 0.05) is 29.1 Å². The van der Waals surface area contributed by atoms with Gasteiger partial charge in [0.25, 0.3) is 0 Å². The summed E-state index contributed by atoms with van der Waals surface area (Å²) in [5.41, 5.74) is 5.16. The molecule has 1 rings (SSSR count). The Bertz CT molecular complexity index is 153. The molecule has 1 aliphatic heterocycles. The number of carbonyl (C=O) groups is 1. The van der Waals surface area contributed by atoms with Crippen molar-refractivity contribution in [2.45, 2.75) is 5.25 Å². The van der Waals surface area contributed by atoms with E-state index in [4.69, 9.17) is 5.73 Å². The first kappa shape index (κ1) is 13.4. The molecule has 1 amide bonds. The summed E-state index contributed by atoms with van der Waals surface area (Å²) in [6.07, 6.45) is 0. The van der Waals surface area contributed by atoms with Crippen LogP contribution in [0.2, 0.25) is 0 Å². The summed E-state index contributed by atoms with van der Waals surface area (Å²) >= 11 is 3.90. The minimum atomic E-state index is -0.0498. The van der Waals surface area contributed by atoms with Crippen LogP contribution in [0.3, 0.4) is 0 Å². The van der Waals surface area contributed by atoms with Gasteiger partial charge in [-0.25, -0.2) is 0 Å². The molecule has 1 aliphatic rings. The van der Waals surface area contributed by atoms with E-state index in [1.165, 1.54) is 11.5 Å². The molecule has 78 valence electrons. The number of hydrogen-bond acceptors (Lipinski definition) is 4. The van der Waals surface area contributed by atoms with Crippen LogP contribution in [0.5, 0.6) is 0 Å². The highest BCUT2D eigenvalue weighted by Crippen LogP contribution is 2.23. The lowest BCUT2D eigenvalue weighted by molar-refractivity contribution is -0.119. The first-order valence-corrected chi connectivity index (χ1v) is 6.19. The molecule has 1 unspecified atom stereocenters. The highest BCUT2D eigenvalue weighted by Gasteiger charge is 2.14. The van der Waals surface area contributed by atoms with Gasteiger partial charge in [-0.3, -0.25) is 4.79 Å². The molecule has 0 aromatic rings. The van der Waals surface area contributed by atoms with Gasteiger partial charge in [0.2, 0.25) is 5.91 Å². The smallest absolute Gasteiger partial charge is 0.233 e. The van der Waals surface area contributed by atoms with Crippen LogP contribution in [0.25, 0.3) is 0 Å². The normalized spacial score (nSPS) is 21.8. The van der Waals surface area contributed by atoms with Crippen molar-refractivity contribution in [1.82, 2.24) is 5.32 Å². The van der Waals surface area contributed by atoms with Gasteiger partial charge in [-0.2, -0.15) is 23.5 Å². The van der Waals surface area contributed by atoms with Crippen LogP contribution in [-0.2, 0) is 4.79 Å². The summed E-state index contributed by atoms with van der Waals surface area (Å²) < 4.78 is 0. The second kappa shape index (κ2) is 7.79. The van der Waals surface area contributed by atoms with E-state index in [0.29, 0.717) is 5.25 Å². The van der Waals surface area contributed by atoms with Crippen LogP contribution < -0.4 is 11.1 Å². The van der Waals surface area contributed by atoms with E-state index >= 15 is 0 Å². The fourth-order valence-electron chi connectivity index (χ4n) is 0.954. The van der Waals surface area contributed by atoms with Crippen molar-refractivity contribution in [2.24, 2.45) is 5.73 Å². The molecule has 0 aromatic carbocycles. The number of amides is 1. The zero-order valence-electron chi connectivity index (χ0n) is 7.32. The first-order chi connectivity index (χ1) is 5.83. The van der Waals surface area contributed by atoms with Crippen molar-refractivity contribution >= 4 is 41.8 Å². The van der Waals surface area contributed by atoms with Crippen molar-refractivity contribution < 1.29 is 4.79 Å². The maximum Gasteiger partial charge on any atom is 0.233 e. The average molecular weight is 243 g/mol. The Morgan fingerprint density at radius 1 is 1.54 bits per heavy atom. The second-order valence-electron chi connectivity index (χ2n) is 2.58. The minimum Gasteiger partial charge on any atom is -0.354 e. The molecule has 3 N–H and O–H groups in total. The van der Waals surface area contributed by atoms with E-state index in [1.54, 1.807) is 0 Å². The van der Waals surface area contributed by atoms with Crippen LogP contribution in [0.1, 0.15) is 0 Å². The number of carbonyl (C=O) groups excluding carboxylic acids is 1. The zero-order valence-corrected chi connectivity index (χ0v) is 9.77. The summed E-state index contributed by atoms with van der Waals surface area (Å²) in [4.78, 5) is 10.8. The lowest BCUT2D eigenvalue weighted by Crippen LogP contribution is -2.36. The Morgan fingerprint density at radius 3 is 2.85 bits per heavy atom. The van der Waals surface area contributed by atoms with Crippen molar-refractivity contribution in [3.63, 3.8) is 0 Å². The van der Waals surface area contributed by atoms with Crippen molar-refractivity contribution in [3.8, 4) is 0 Å². The molecule has 1 heterocycles. The Hall–Kier alpha value is 0.420. The van der Waals surface area contributed by atoms with E-state index in [0.717, 1.165) is 12.3 Å². The van der Waals surface area contributed by atoms with E-state index in [2.05, 4.69) is 5.32 Å². The van der Waals surface area contributed by atoms with Crippen LogP contribution in [0, 0.1) is 0 Å². The molecule has 1 atom stereocenters. The summed E-state index contributed by atoms with van der Waals surface area (Å²) in [5.74, 6) is 3.54. The fourth-order valence-corrected chi connectivity index (χ4v) is 3.57. The molecule has 0 aliphatic carbocycles. The molecule has 1 saturated heterocycles. The Labute approximate surface area is 93.4 Å². The highest BCUT2D eigenvalue weighted by atomic mass is 35.5. The molecule has 1 fully saturated rings. The van der Waals surface area contributed by atoms with Gasteiger partial charge in [0.1, 0.15) is 0 Å². The van der Waals surface area contributed by atoms with Crippen LogP contribution in [0.4, 0.5) is 0 Å². The van der Waals surface area contributed by atoms with Crippen LogP contribution in [0.15, 0.2) is 0 Å². The topological polar surface area (TPSA) is 55.1 Å². The maximum atomic E-state index is 10.8. The predicted octanol–water partition coefficient (Wildman–Crippen LogP) is 0.332. The zero-order chi connectivity index (χ0) is 8.81. The van der Waals surface area contributed by atoms with Gasteiger partial charge < -0.3 is 11.1 Å². The highest BCUT2D eigenvalue weighted by molar-refractivity contribution is 8.06. The van der Waals surface area contributed by atoms with E-state index < -0.39 is 0 Å². The largest absolute Gasteiger partial charge is 0.354 e. The first-order valence-electron chi connectivity index (χ1n) is 3.99. The molecular formula is C7H15ClN2OS2. The molecule has 0 spiro atoms. The molecule has 6 heteroatoms. The predicted molar refractivity (Wildman–Crippen MR) is 62.9 cm³/mol. The van der Waals surface area contributed by atoms with E-state index in [-0.39, 0.29) is 24.9 Å². The van der Waals surface area contributed by atoms with Gasteiger partial charge in [0.05, 0.1) is 6.54 Å². The number of rotatable bonds is 3. The summed E-state index contributed by atoms with van der Waals surface area (Å²) in [6, 6.07) is 0. The number of thioether (sulfide) groups is 2.